The van der Waals surface area contributed by atoms with Crippen LogP contribution in [0.2, 0.25) is 0 Å². The first kappa shape index (κ1) is 31.4. The second kappa shape index (κ2) is 11.0. The van der Waals surface area contributed by atoms with Crippen LogP contribution in [0.25, 0.3) is 0 Å². The van der Waals surface area contributed by atoms with E-state index in [1.165, 1.54) is 36.1 Å². The molecule has 1 heterocycles. The van der Waals surface area contributed by atoms with Crippen molar-refractivity contribution in [2.45, 2.75) is 47.5 Å². The van der Waals surface area contributed by atoms with E-state index in [1.807, 2.05) is 0 Å². The van der Waals surface area contributed by atoms with Gasteiger partial charge in [-0.3, -0.25) is 4.79 Å². The van der Waals surface area contributed by atoms with Gasteiger partial charge in [-0.05, 0) is 36.2 Å². The fourth-order valence-corrected chi connectivity index (χ4v) is 7.18. The summed E-state index contributed by atoms with van der Waals surface area (Å²) in [5.41, 5.74) is -7.82. The fourth-order valence-electron chi connectivity index (χ4n) is 5.08. The maximum Gasteiger partial charge on any atom is 0.430 e. The van der Waals surface area contributed by atoms with Gasteiger partial charge < -0.3 is 9.64 Å². The molecule has 0 N–H and O–H groups in total. The van der Waals surface area contributed by atoms with Crippen molar-refractivity contribution < 1.29 is 53.1 Å². The van der Waals surface area contributed by atoms with Gasteiger partial charge in [0.15, 0.2) is 9.84 Å². The predicted octanol–water partition coefficient (Wildman–Crippen LogP) is 6.42. The first-order chi connectivity index (χ1) is 19.5. The lowest BCUT2D eigenvalue weighted by Gasteiger charge is -2.38. The van der Waals surface area contributed by atoms with Crippen molar-refractivity contribution in [3.8, 4) is 0 Å². The zero-order chi connectivity index (χ0) is 31.1. The number of carbonyl (C=O) groups excluding carboxylic acids is 1. The molecule has 226 valence electrons. The van der Waals surface area contributed by atoms with E-state index in [2.05, 4.69) is 4.74 Å². The van der Waals surface area contributed by atoms with Crippen molar-refractivity contribution in [1.29, 1.82) is 0 Å². The second-order valence-corrected chi connectivity index (χ2v) is 12.0. The number of hydrogen-bond donors (Lipinski definition) is 0. The molecule has 1 amide bonds. The molecule has 3 aromatic carbocycles. The maximum absolute atomic E-state index is 14.3. The summed E-state index contributed by atoms with van der Waals surface area (Å²) in [6, 6.07) is 11.6. The summed E-state index contributed by atoms with van der Waals surface area (Å²) < 4.78 is 144. The molecule has 0 saturated carbocycles. The van der Waals surface area contributed by atoms with Crippen molar-refractivity contribution in [1.82, 2.24) is 4.90 Å². The normalized spacial score (nSPS) is 18.4. The summed E-state index contributed by atoms with van der Waals surface area (Å²) in [6.07, 6.45) is -12.5. The number of sulfone groups is 1. The van der Waals surface area contributed by atoms with E-state index >= 15 is 0 Å². The number of rotatable bonds is 7. The third-order valence-electron chi connectivity index (χ3n) is 7.36. The number of benzene rings is 3. The third kappa shape index (κ3) is 5.14. The number of alkyl halides is 6. The molecule has 1 unspecified atom stereocenters. The van der Waals surface area contributed by atoms with Crippen LogP contribution in [-0.2, 0) is 36.3 Å². The summed E-state index contributed by atoms with van der Waals surface area (Å²) in [5.74, 6) is -3.29. The topological polar surface area (TPSA) is 63.7 Å². The molecule has 1 atom stereocenters. The number of amides is 1. The molecule has 1 fully saturated rings. The lowest BCUT2D eigenvalue weighted by Crippen LogP contribution is -2.56. The van der Waals surface area contributed by atoms with E-state index in [4.69, 9.17) is 0 Å². The highest BCUT2D eigenvalue weighted by Crippen LogP contribution is 2.54. The lowest BCUT2D eigenvalue weighted by atomic mass is 9.88. The van der Waals surface area contributed by atoms with E-state index < -0.39 is 74.4 Å². The van der Waals surface area contributed by atoms with E-state index in [1.54, 1.807) is 6.07 Å². The maximum atomic E-state index is 14.3. The number of likely N-dealkylation sites (tertiary alicyclic amines) is 1. The molecule has 1 saturated heterocycles. The average Bonchev–Trinajstić information content (AvgIpc) is 3.38. The number of nitrogens with zero attached hydrogens (tertiary/aromatic N) is 1. The Bertz CT molecular complexity index is 1520. The summed E-state index contributed by atoms with van der Waals surface area (Å²) in [6.45, 7) is -0.953. The van der Waals surface area contributed by atoms with Crippen LogP contribution in [0.15, 0.2) is 77.7 Å². The molecule has 0 aliphatic carbocycles. The van der Waals surface area contributed by atoms with Crippen molar-refractivity contribution in [3.05, 3.63) is 101 Å². The van der Waals surface area contributed by atoms with Gasteiger partial charge in [-0.1, -0.05) is 48.5 Å². The quantitative estimate of drug-likeness (QED) is 0.286. The van der Waals surface area contributed by atoms with Crippen LogP contribution < -0.4 is 0 Å². The molecule has 1 aliphatic rings. The summed E-state index contributed by atoms with van der Waals surface area (Å²) >= 11 is 0. The van der Waals surface area contributed by atoms with Gasteiger partial charge in [-0.2, -0.15) is 26.3 Å². The van der Waals surface area contributed by atoms with Crippen molar-refractivity contribution in [3.63, 3.8) is 0 Å². The van der Waals surface area contributed by atoms with Crippen LogP contribution in [0, 0.1) is 11.6 Å². The zero-order valence-corrected chi connectivity index (χ0v) is 22.6. The average molecular weight is 622 g/mol. The number of halogens is 8. The Hall–Kier alpha value is -3.52. The van der Waals surface area contributed by atoms with Gasteiger partial charge in [-0.25, -0.2) is 17.2 Å². The van der Waals surface area contributed by atoms with Gasteiger partial charge in [-0.15, -0.1) is 0 Å². The number of ether oxygens (including phenoxy) is 1. The number of hydrogen-bond acceptors (Lipinski definition) is 4. The van der Waals surface area contributed by atoms with Gasteiger partial charge in [0.05, 0.1) is 11.5 Å². The number of carbonyl (C=O) groups is 1. The highest BCUT2D eigenvalue weighted by Gasteiger charge is 2.73. The molecule has 4 rings (SSSR count). The Kier molecular flexibility index (Phi) is 8.19. The van der Waals surface area contributed by atoms with Gasteiger partial charge in [0.1, 0.15) is 16.4 Å². The Morgan fingerprint density at radius 3 is 1.88 bits per heavy atom. The van der Waals surface area contributed by atoms with Crippen LogP contribution >= 0.6 is 0 Å². The van der Waals surface area contributed by atoms with Crippen LogP contribution in [0.5, 0.6) is 0 Å². The van der Waals surface area contributed by atoms with Crippen molar-refractivity contribution in [2.75, 3.05) is 13.1 Å². The Morgan fingerprint density at radius 1 is 0.857 bits per heavy atom. The Morgan fingerprint density at radius 2 is 1.40 bits per heavy atom. The minimum atomic E-state index is -6.17. The monoisotopic (exact) mass is 621 g/mol. The molecule has 0 bridgehead atoms. The lowest BCUT2D eigenvalue weighted by molar-refractivity contribution is -0.392. The predicted molar refractivity (Wildman–Crippen MR) is 134 cm³/mol. The molecular formula is C28H23F8NO4S. The summed E-state index contributed by atoms with van der Waals surface area (Å²) in [5, 5.41) is 0. The SMILES string of the molecule is CC(=O)N1CCC(c2ccc(C(OCc3c(F)cccc3F)(C(F)(F)F)C(F)(F)F)cc2)(S(=O)(=O)c2ccccc2)C1. The van der Waals surface area contributed by atoms with Crippen LogP contribution in [0.1, 0.15) is 30.0 Å². The third-order valence-corrected chi connectivity index (χ3v) is 9.85. The van der Waals surface area contributed by atoms with Crippen molar-refractivity contribution in [2.24, 2.45) is 0 Å². The summed E-state index contributed by atoms with van der Waals surface area (Å²) in [4.78, 5) is 13.1. The Balaban J connectivity index is 1.85. The highest BCUT2D eigenvalue weighted by molar-refractivity contribution is 7.92. The second-order valence-electron chi connectivity index (χ2n) is 9.74. The van der Waals surface area contributed by atoms with Crippen LogP contribution in [-0.4, -0.2) is 44.7 Å². The molecule has 0 spiro atoms. The highest BCUT2D eigenvalue weighted by atomic mass is 32.2. The van der Waals surface area contributed by atoms with E-state index in [0.717, 1.165) is 18.2 Å². The largest absolute Gasteiger partial charge is 0.430 e. The molecule has 42 heavy (non-hydrogen) atoms. The molecule has 0 aromatic heterocycles. The first-order valence-corrected chi connectivity index (χ1v) is 13.8. The zero-order valence-electron chi connectivity index (χ0n) is 21.8. The fraction of sp³-hybridized carbons (Fsp3) is 0.321. The molecule has 0 radical (unpaired) electrons. The summed E-state index contributed by atoms with van der Waals surface area (Å²) in [7, 11) is -4.33. The van der Waals surface area contributed by atoms with E-state index in [0.29, 0.717) is 24.3 Å². The molecule has 5 nitrogen and oxygen atoms in total. The minimum Gasteiger partial charge on any atom is -0.349 e. The van der Waals surface area contributed by atoms with Gasteiger partial charge in [0, 0.05) is 31.1 Å². The van der Waals surface area contributed by atoms with E-state index in [9.17, 15) is 48.3 Å². The van der Waals surface area contributed by atoms with Crippen LogP contribution in [0.3, 0.4) is 0 Å². The molecular weight excluding hydrogens is 598 g/mol. The Labute approximate surface area is 235 Å². The standard InChI is InChI=1S/C28H23F8NO4S/c1-18(38)37-15-14-25(17-37,42(39,40)21-6-3-2-4-7-21)19-10-12-20(13-11-19)26(27(31,32)33,28(34,35)36)41-16-22-23(29)8-5-9-24(22)30/h2-13H,14-17H2,1H3. The van der Waals surface area contributed by atoms with E-state index in [-0.39, 0.29) is 23.4 Å². The first-order valence-electron chi connectivity index (χ1n) is 12.3. The molecule has 3 aromatic rings. The molecule has 14 heteroatoms. The van der Waals surface area contributed by atoms with Crippen molar-refractivity contribution >= 4 is 15.7 Å². The van der Waals surface area contributed by atoms with Gasteiger partial charge >= 0.3 is 12.4 Å². The van der Waals surface area contributed by atoms with Crippen LogP contribution in [0.4, 0.5) is 35.1 Å². The van der Waals surface area contributed by atoms with Gasteiger partial charge in [0.2, 0.25) is 5.91 Å². The minimum absolute atomic E-state index is 0.0322. The molecule has 1 aliphatic heterocycles. The smallest absolute Gasteiger partial charge is 0.349 e. The van der Waals surface area contributed by atoms with Gasteiger partial charge in [0.25, 0.3) is 5.60 Å².